The van der Waals surface area contributed by atoms with Gasteiger partial charge in [0.25, 0.3) is 0 Å². The van der Waals surface area contributed by atoms with Crippen LogP contribution in [0.3, 0.4) is 0 Å². The Balaban J connectivity index is 1.76. The smallest absolute Gasteiger partial charge is 0.0896 e. The summed E-state index contributed by atoms with van der Waals surface area (Å²) in [5.41, 5.74) is 1.49. The standard InChI is InChI=1S/C23H25N2P/c1-19(25-17-16-24(2)18-25)22-14-9-15-23(22)26(20-10-5-3-6-11-20)21-12-7-4-8-13-21/h3-14,16-17,19H,15,18H2,1-2H3/t19-/m1/s1. The highest BCUT2D eigenvalue weighted by atomic mass is 31.1. The van der Waals surface area contributed by atoms with Crippen LogP contribution >= 0.6 is 7.92 Å². The third-order valence-corrected chi connectivity index (χ3v) is 7.70. The van der Waals surface area contributed by atoms with Crippen molar-refractivity contribution < 1.29 is 0 Å². The van der Waals surface area contributed by atoms with Gasteiger partial charge in [-0.15, -0.1) is 0 Å². The van der Waals surface area contributed by atoms with E-state index in [1.54, 1.807) is 5.31 Å². The molecule has 0 N–H and O–H groups in total. The molecule has 0 aromatic heterocycles. The molecule has 0 spiro atoms. The molecule has 132 valence electrons. The summed E-state index contributed by atoms with van der Waals surface area (Å²) in [6.07, 6.45) is 10.1. The number of rotatable bonds is 5. The Labute approximate surface area is 157 Å². The topological polar surface area (TPSA) is 6.48 Å². The van der Waals surface area contributed by atoms with Gasteiger partial charge in [-0.25, -0.2) is 0 Å². The number of benzene rings is 2. The van der Waals surface area contributed by atoms with Gasteiger partial charge in [-0.2, -0.15) is 0 Å². The van der Waals surface area contributed by atoms with E-state index in [4.69, 9.17) is 0 Å². The first-order chi connectivity index (χ1) is 12.7. The molecule has 1 aliphatic heterocycles. The molecular weight excluding hydrogens is 335 g/mol. The molecule has 0 radical (unpaired) electrons. The first kappa shape index (κ1) is 17.1. The number of nitrogens with zero attached hydrogens (tertiary/aromatic N) is 2. The van der Waals surface area contributed by atoms with Gasteiger partial charge in [0, 0.05) is 19.4 Å². The van der Waals surface area contributed by atoms with Crippen LogP contribution in [0.25, 0.3) is 0 Å². The van der Waals surface area contributed by atoms with Crippen LogP contribution in [0.2, 0.25) is 0 Å². The molecule has 0 saturated heterocycles. The van der Waals surface area contributed by atoms with Gasteiger partial charge in [-0.1, -0.05) is 72.8 Å². The maximum atomic E-state index is 2.43. The second-order valence-electron chi connectivity index (χ2n) is 6.90. The maximum Gasteiger partial charge on any atom is 0.0896 e. The monoisotopic (exact) mass is 360 g/mol. The van der Waals surface area contributed by atoms with E-state index in [9.17, 15) is 0 Å². The van der Waals surface area contributed by atoms with Gasteiger partial charge in [-0.05, 0) is 42.8 Å². The summed E-state index contributed by atoms with van der Waals surface area (Å²) in [6, 6.07) is 22.4. The molecule has 4 rings (SSSR count). The molecule has 2 aromatic carbocycles. The fourth-order valence-corrected chi connectivity index (χ4v) is 6.38. The van der Waals surface area contributed by atoms with Crippen LogP contribution in [-0.2, 0) is 0 Å². The fraction of sp³-hybridized carbons (Fsp3) is 0.217. The fourth-order valence-electron chi connectivity index (χ4n) is 3.71. The molecule has 1 heterocycles. The van der Waals surface area contributed by atoms with E-state index in [1.807, 2.05) is 0 Å². The van der Waals surface area contributed by atoms with E-state index >= 15 is 0 Å². The van der Waals surface area contributed by atoms with E-state index in [0.717, 1.165) is 13.1 Å². The highest BCUT2D eigenvalue weighted by Crippen LogP contribution is 2.49. The summed E-state index contributed by atoms with van der Waals surface area (Å²) in [6.45, 7) is 3.29. The van der Waals surface area contributed by atoms with E-state index in [-0.39, 0.29) is 0 Å². The van der Waals surface area contributed by atoms with Crippen molar-refractivity contribution in [3.05, 3.63) is 96.1 Å². The van der Waals surface area contributed by atoms with Crippen LogP contribution in [-0.4, -0.2) is 29.6 Å². The molecule has 2 aliphatic rings. The van der Waals surface area contributed by atoms with E-state index < -0.39 is 7.92 Å². The summed E-state index contributed by atoms with van der Waals surface area (Å²) < 4.78 is 0. The van der Waals surface area contributed by atoms with Gasteiger partial charge < -0.3 is 9.80 Å². The number of hydrogen-bond acceptors (Lipinski definition) is 2. The molecule has 1 aliphatic carbocycles. The molecule has 2 aromatic rings. The van der Waals surface area contributed by atoms with Crippen molar-refractivity contribution in [1.29, 1.82) is 0 Å². The second kappa shape index (κ2) is 7.51. The lowest BCUT2D eigenvalue weighted by Crippen LogP contribution is -2.32. The van der Waals surface area contributed by atoms with E-state index in [1.165, 1.54) is 16.2 Å². The van der Waals surface area contributed by atoms with Crippen LogP contribution in [0.5, 0.6) is 0 Å². The van der Waals surface area contributed by atoms with E-state index in [2.05, 4.69) is 109 Å². The predicted octanol–water partition coefficient (Wildman–Crippen LogP) is 4.40. The zero-order valence-electron chi connectivity index (χ0n) is 15.4. The zero-order valence-corrected chi connectivity index (χ0v) is 16.3. The van der Waals surface area contributed by atoms with Gasteiger partial charge in [0.15, 0.2) is 0 Å². The van der Waals surface area contributed by atoms with Gasteiger partial charge in [0.1, 0.15) is 0 Å². The van der Waals surface area contributed by atoms with Crippen molar-refractivity contribution in [1.82, 2.24) is 9.80 Å². The number of hydrogen-bond donors (Lipinski definition) is 0. The summed E-state index contributed by atoms with van der Waals surface area (Å²) in [5.74, 6) is 0. The van der Waals surface area contributed by atoms with Crippen LogP contribution in [0.4, 0.5) is 0 Å². The molecule has 2 nitrogen and oxygen atoms in total. The molecule has 0 unspecified atom stereocenters. The predicted molar refractivity (Wildman–Crippen MR) is 113 cm³/mol. The Hall–Kier alpha value is -2.31. The average molecular weight is 360 g/mol. The molecular formula is C23H25N2P. The van der Waals surface area contributed by atoms with Crippen LogP contribution in [0.15, 0.2) is 96.1 Å². The minimum atomic E-state index is -0.496. The number of allylic oxidation sites excluding steroid dienone is 2. The lowest BCUT2D eigenvalue weighted by atomic mass is 10.1. The largest absolute Gasteiger partial charge is 0.362 e. The second-order valence-corrected chi connectivity index (χ2v) is 9.15. The summed E-state index contributed by atoms with van der Waals surface area (Å²) in [4.78, 5) is 4.65. The summed E-state index contributed by atoms with van der Waals surface area (Å²) in [7, 11) is 1.63. The van der Waals surface area contributed by atoms with Crippen LogP contribution < -0.4 is 10.6 Å². The summed E-state index contributed by atoms with van der Waals surface area (Å²) >= 11 is 0. The Morgan fingerprint density at radius 1 is 0.885 bits per heavy atom. The van der Waals surface area contributed by atoms with Crippen molar-refractivity contribution in [3.8, 4) is 0 Å². The van der Waals surface area contributed by atoms with Crippen LogP contribution in [0, 0.1) is 0 Å². The molecule has 0 saturated carbocycles. The molecule has 0 bridgehead atoms. The Bertz CT molecular complexity index is 800. The normalized spacial score (nSPS) is 17.7. The van der Waals surface area contributed by atoms with Gasteiger partial charge in [0.2, 0.25) is 0 Å². The van der Waals surface area contributed by atoms with Crippen molar-refractivity contribution in [2.45, 2.75) is 19.4 Å². The molecule has 0 fully saturated rings. The first-order valence-corrected chi connectivity index (χ1v) is 10.5. The van der Waals surface area contributed by atoms with E-state index in [0.29, 0.717) is 6.04 Å². The Morgan fingerprint density at radius 3 is 2.04 bits per heavy atom. The van der Waals surface area contributed by atoms with Gasteiger partial charge in [0.05, 0.1) is 12.7 Å². The lowest BCUT2D eigenvalue weighted by molar-refractivity contribution is 0.266. The first-order valence-electron chi connectivity index (χ1n) is 9.18. The zero-order chi connectivity index (χ0) is 17.9. The summed E-state index contributed by atoms with van der Waals surface area (Å²) in [5, 5.41) is 4.46. The third kappa shape index (κ3) is 3.34. The molecule has 0 amide bonds. The lowest BCUT2D eigenvalue weighted by Gasteiger charge is -2.29. The Morgan fingerprint density at radius 2 is 1.50 bits per heavy atom. The SMILES string of the molecule is C[C@H](C1=C(P(c2ccccc2)c2ccccc2)CC=C1)N1C=CN(C)C1. The van der Waals surface area contributed by atoms with Crippen molar-refractivity contribution >= 4 is 18.5 Å². The van der Waals surface area contributed by atoms with Crippen LogP contribution in [0.1, 0.15) is 13.3 Å². The Kier molecular flexibility index (Phi) is 4.95. The van der Waals surface area contributed by atoms with Gasteiger partial charge in [-0.3, -0.25) is 0 Å². The highest BCUT2D eigenvalue weighted by Gasteiger charge is 2.28. The average Bonchev–Trinajstić information content (AvgIpc) is 3.33. The van der Waals surface area contributed by atoms with Crippen molar-refractivity contribution in [3.63, 3.8) is 0 Å². The molecule has 3 heteroatoms. The highest BCUT2D eigenvalue weighted by molar-refractivity contribution is 7.76. The van der Waals surface area contributed by atoms with Crippen molar-refractivity contribution in [2.75, 3.05) is 13.7 Å². The molecule has 1 atom stereocenters. The third-order valence-electron chi connectivity index (χ3n) is 5.09. The minimum absolute atomic E-state index is 0.391. The van der Waals surface area contributed by atoms with Crippen molar-refractivity contribution in [2.24, 2.45) is 0 Å². The molecule has 26 heavy (non-hydrogen) atoms. The van der Waals surface area contributed by atoms with Gasteiger partial charge >= 0.3 is 0 Å². The maximum absolute atomic E-state index is 2.43. The quantitative estimate of drug-likeness (QED) is 0.730. The minimum Gasteiger partial charge on any atom is -0.362 e.